The molecule has 3 N–H and O–H groups in total. The topological polar surface area (TPSA) is 149 Å². The zero-order chi connectivity index (χ0) is 23.2. The van der Waals surface area contributed by atoms with Crippen LogP contribution < -0.4 is 11.2 Å². The first-order valence-corrected chi connectivity index (χ1v) is 11.7. The van der Waals surface area contributed by atoms with Gasteiger partial charge in [-0.1, -0.05) is 13.8 Å². The van der Waals surface area contributed by atoms with Gasteiger partial charge >= 0.3 is 13.3 Å². The minimum absolute atomic E-state index is 0.0582. The molecule has 1 aromatic heterocycles. The molecule has 12 heteroatoms. The molecule has 11 nitrogen and oxygen atoms in total. The summed E-state index contributed by atoms with van der Waals surface area (Å²) in [4.78, 5) is 36.1. The van der Waals surface area contributed by atoms with E-state index >= 15 is 0 Å². The number of aromatic amines is 1. The zero-order valence-electron chi connectivity index (χ0n) is 18.2. The summed E-state index contributed by atoms with van der Waals surface area (Å²) in [7, 11) is -4.35. The Bertz CT molecular complexity index is 1020. The van der Waals surface area contributed by atoms with Crippen LogP contribution in [0.2, 0.25) is 0 Å². The Labute approximate surface area is 179 Å². The molecular weight excluding hydrogens is 431 g/mol. The molecule has 2 unspecified atom stereocenters. The van der Waals surface area contributed by atoms with Crippen LogP contribution in [0.5, 0.6) is 0 Å². The normalized spacial score (nSPS) is 25.5. The molecule has 2 aliphatic heterocycles. The molecule has 3 rings (SSSR count). The van der Waals surface area contributed by atoms with Crippen molar-refractivity contribution in [3.63, 3.8) is 0 Å². The fourth-order valence-corrected chi connectivity index (χ4v) is 5.24. The highest BCUT2D eigenvalue weighted by molar-refractivity contribution is 7.54. The largest absolute Gasteiger partial charge is 0.469 e. The number of nitrogens with one attached hydrogen (secondary N) is 1. The average molecular weight is 460 g/mol. The standard InChI is InChI=1S/C19H29N2O9P/c1-6-19(24,7-2)31(25,26)30-11(3)10-12-14-15(29-18(4,5)28-14)16(27-12)21-9-8-13(22)20-17(21)23/h8-9,11-12,14,24H,6-7,10H2,1-5H3,(H,25,26)(H,20,22,23)/t11?,12-,14-/m1/s1. The van der Waals surface area contributed by atoms with Crippen molar-refractivity contribution >= 4 is 13.5 Å². The van der Waals surface area contributed by atoms with E-state index in [4.69, 9.17) is 18.7 Å². The van der Waals surface area contributed by atoms with E-state index in [0.29, 0.717) is 0 Å². The van der Waals surface area contributed by atoms with E-state index in [-0.39, 0.29) is 30.9 Å². The fourth-order valence-electron chi connectivity index (χ4n) is 3.67. The second kappa shape index (κ2) is 8.22. The number of hydrogen-bond donors (Lipinski definition) is 3. The maximum atomic E-state index is 12.7. The smallest absolute Gasteiger partial charge is 0.359 e. The van der Waals surface area contributed by atoms with Gasteiger partial charge < -0.3 is 28.7 Å². The number of hydrogen-bond acceptors (Lipinski definition) is 8. The lowest BCUT2D eigenvalue weighted by Gasteiger charge is -2.32. The molecule has 31 heavy (non-hydrogen) atoms. The van der Waals surface area contributed by atoms with Gasteiger partial charge in [0.15, 0.2) is 17.2 Å². The summed E-state index contributed by atoms with van der Waals surface area (Å²) in [6, 6.07) is 1.17. The lowest BCUT2D eigenvalue weighted by Crippen LogP contribution is -2.34. The number of fused-ring (bicyclic) bond motifs is 1. The quantitative estimate of drug-likeness (QED) is 0.493. The number of H-pyrrole nitrogens is 1. The van der Waals surface area contributed by atoms with Gasteiger partial charge in [0, 0.05) is 32.5 Å². The van der Waals surface area contributed by atoms with Crippen molar-refractivity contribution in [3.8, 4) is 0 Å². The molecule has 0 aromatic carbocycles. The van der Waals surface area contributed by atoms with Crippen LogP contribution in [0.3, 0.4) is 0 Å². The van der Waals surface area contributed by atoms with Gasteiger partial charge in [-0.25, -0.2) is 9.36 Å². The Balaban J connectivity index is 1.83. The molecule has 174 valence electrons. The van der Waals surface area contributed by atoms with Crippen molar-refractivity contribution in [3.05, 3.63) is 38.9 Å². The zero-order valence-corrected chi connectivity index (χ0v) is 19.0. The minimum atomic E-state index is -4.35. The first-order chi connectivity index (χ1) is 14.3. The second-order valence-electron chi connectivity index (χ2n) is 8.21. The van der Waals surface area contributed by atoms with E-state index in [1.165, 1.54) is 12.3 Å². The van der Waals surface area contributed by atoms with E-state index in [9.17, 15) is 24.2 Å². The molecule has 1 fully saturated rings. The Kier molecular flexibility index (Phi) is 6.29. The summed E-state index contributed by atoms with van der Waals surface area (Å²) in [5.41, 5.74) is -1.26. The third-order valence-electron chi connectivity index (χ3n) is 5.42. The summed E-state index contributed by atoms with van der Waals surface area (Å²) in [6.07, 6.45) is -0.678. The molecule has 2 aliphatic rings. The molecular formula is C19H29N2O9P. The Morgan fingerprint density at radius 1 is 1.35 bits per heavy atom. The highest BCUT2D eigenvalue weighted by Crippen LogP contribution is 2.58. The van der Waals surface area contributed by atoms with E-state index in [2.05, 4.69) is 4.98 Å². The Hall–Kier alpha value is -1.91. The van der Waals surface area contributed by atoms with Crippen molar-refractivity contribution < 1.29 is 33.3 Å². The van der Waals surface area contributed by atoms with Gasteiger partial charge in [0.2, 0.25) is 11.7 Å². The third-order valence-corrected chi connectivity index (χ3v) is 7.75. The number of ether oxygens (including phenoxy) is 3. The maximum Gasteiger partial charge on any atom is 0.359 e. The highest BCUT2D eigenvalue weighted by Gasteiger charge is 2.52. The highest BCUT2D eigenvalue weighted by atomic mass is 31.2. The number of nitrogens with zero attached hydrogens (tertiary/aromatic N) is 1. The van der Waals surface area contributed by atoms with Crippen LogP contribution in [0.1, 0.15) is 53.9 Å². The van der Waals surface area contributed by atoms with Crippen molar-refractivity contribution in [2.75, 3.05) is 0 Å². The average Bonchev–Trinajstić information content (AvgIpc) is 3.14. The number of aliphatic hydroxyl groups is 1. The third kappa shape index (κ3) is 4.51. The van der Waals surface area contributed by atoms with Gasteiger partial charge in [-0.3, -0.25) is 14.3 Å². The van der Waals surface area contributed by atoms with Crippen molar-refractivity contribution in [1.29, 1.82) is 0 Å². The first-order valence-electron chi connectivity index (χ1n) is 10.2. The minimum Gasteiger partial charge on any atom is -0.469 e. The van der Waals surface area contributed by atoms with Gasteiger partial charge in [0.25, 0.3) is 5.56 Å². The van der Waals surface area contributed by atoms with E-state index in [1.54, 1.807) is 34.6 Å². The molecule has 0 saturated carbocycles. The van der Waals surface area contributed by atoms with Crippen LogP contribution in [0, 0.1) is 0 Å². The van der Waals surface area contributed by atoms with Crippen molar-refractivity contribution in [2.24, 2.45) is 0 Å². The van der Waals surface area contributed by atoms with Crippen molar-refractivity contribution in [2.45, 2.75) is 83.3 Å². The predicted octanol–water partition coefficient (Wildman–Crippen LogP) is 1.70. The van der Waals surface area contributed by atoms with Crippen LogP contribution in [0.4, 0.5) is 0 Å². The molecule has 0 radical (unpaired) electrons. The van der Waals surface area contributed by atoms with Gasteiger partial charge in [0.1, 0.15) is 6.10 Å². The Morgan fingerprint density at radius 2 is 2.00 bits per heavy atom. The molecule has 0 aliphatic carbocycles. The van der Waals surface area contributed by atoms with Crippen LogP contribution in [-0.2, 0) is 23.3 Å². The van der Waals surface area contributed by atoms with Gasteiger partial charge in [0.05, 0.1) is 6.10 Å². The molecule has 3 heterocycles. The van der Waals surface area contributed by atoms with Crippen LogP contribution >= 0.6 is 7.60 Å². The molecule has 4 atom stereocenters. The molecule has 1 aromatic rings. The molecule has 0 amide bonds. The molecule has 0 spiro atoms. The van der Waals surface area contributed by atoms with Gasteiger partial charge in [-0.05, 0) is 19.8 Å². The molecule has 0 bridgehead atoms. The lowest BCUT2D eigenvalue weighted by molar-refractivity contribution is -0.154. The number of aromatic nitrogens is 2. The molecule has 1 saturated heterocycles. The summed E-state index contributed by atoms with van der Waals surface area (Å²) >= 11 is 0. The van der Waals surface area contributed by atoms with Crippen LogP contribution in [0.25, 0.3) is 5.88 Å². The SMILES string of the molecule is CCC(O)(CC)P(=O)(O)OC(C)C[C@H]1OC(n2ccc(=O)[nH]c2=O)=C2OC(C)(C)O[C@@H]21. The van der Waals surface area contributed by atoms with E-state index in [1.807, 2.05) is 0 Å². The van der Waals surface area contributed by atoms with E-state index < -0.39 is 48.3 Å². The van der Waals surface area contributed by atoms with Gasteiger partial charge in [-0.15, -0.1) is 0 Å². The Morgan fingerprint density at radius 3 is 2.58 bits per heavy atom. The monoisotopic (exact) mass is 460 g/mol. The maximum absolute atomic E-state index is 12.7. The fraction of sp³-hybridized carbons (Fsp3) is 0.684. The second-order valence-corrected chi connectivity index (χ2v) is 10.3. The first kappa shape index (κ1) is 23.7. The van der Waals surface area contributed by atoms with Gasteiger partial charge in [-0.2, -0.15) is 0 Å². The van der Waals surface area contributed by atoms with Crippen LogP contribution in [0.15, 0.2) is 27.6 Å². The van der Waals surface area contributed by atoms with E-state index in [0.717, 1.165) is 4.57 Å². The summed E-state index contributed by atoms with van der Waals surface area (Å²) in [5, 5.41) is 8.60. The lowest BCUT2D eigenvalue weighted by atomic mass is 10.1. The van der Waals surface area contributed by atoms with Crippen LogP contribution in [-0.4, -0.2) is 49.0 Å². The summed E-state index contributed by atoms with van der Waals surface area (Å²) in [5.74, 6) is -0.637. The summed E-state index contributed by atoms with van der Waals surface area (Å²) in [6.45, 7) is 8.20. The summed E-state index contributed by atoms with van der Waals surface area (Å²) < 4.78 is 36.8. The predicted molar refractivity (Wildman–Crippen MR) is 110 cm³/mol. The van der Waals surface area contributed by atoms with Crippen molar-refractivity contribution in [1.82, 2.24) is 9.55 Å². The number of rotatable bonds is 8.